The van der Waals surface area contributed by atoms with E-state index in [0.717, 1.165) is 10.4 Å². The highest BCUT2D eigenvalue weighted by atomic mass is 127. The first kappa shape index (κ1) is 10.7. The fourth-order valence-corrected chi connectivity index (χ4v) is 2.83. The molecule has 0 aliphatic carbocycles. The van der Waals surface area contributed by atoms with Gasteiger partial charge < -0.3 is 5.11 Å². The van der Waals surface area contributed by atoms with Crippen LogP contribution in [0, 0.1) is 0 Å². The van der Waals surface area contributed by atoms with Gasteiger partial charge in [-0.25, -0.2) is 4.79 Å². The minimum atomic E-state index is -0.919. The van der Waals surface area contributed by atoms with Crippen LogP contribution in [0.1, 0.15) is 10.4 Å². The number of para-hydroxylation sites is 1. The maximum Gasteiger partial charge on any atom is 0.336 e. The number of pyridine rings is 1. The Kier molecular flexibility index (Phi) is 3.11. The lowest BCUT2D eigenvalue weighted by Gasteiger charge is -2.04. The lowest BCUT2D eigenvalue weighted by Crippen LogP contribution is -1.98. The van der Waals surface area contributed by atoms with E-state index < -0.39 is 5.97 Å². The molecule has 0 atom stereocenters. The van der Waals surface area contributed by atoms with Gasteiger partial charge in [0.1, 0.15) is 0 Å². The highest BCUT2D eigenvalue weighted by Gasteiger charge is 2.10. The Labute approximate surface area is 102 Å². The molecule has 0 saturated carbocycles. The molecule has 0 aliphatic rings. The molecular weight excluding hydrogens is 325 g/mol. The molecule has 1 aromatic heterocycles. The summed E-state index contributed by atoms with van der Waals surface area (Å²) < 4.78 is 0. The third kappa shape index (κ3) is 1.93. The van der Waals surface area contributed by atoms with Crippen molar-refractivity contribution in [2.75, 3.05) is 0 Å². The quantitative estimate of drug-likeness (QED) is 0.857. The van der Waals surface area contributed by atoms with Crippen LogP contribution in [0.25, 0.3) is 10.9 Å². The molecule has 0 spiro atoms. The Morgan fingerprint density at radius 1 is 1.40 bits per heavy atom. The molecule has 76 valence electrons. The summed E-state index contributed by atoms with van der Waals surface area (Å²) >= 11 is 2.16. The summed E-state index contributed by atoms with van der Waals surface area (Å²) in [6.07, 6.45) is 1.53. The average Bonchev–Trinajstić information content (AvgIpc) is 2.27. The summed E-state index contributed by atoms with van der Waals surface area (Å²) in [5.74, 6) is -0.919. The second-order valence-corrected chi connectivity index (χ2v) is 4.81. The standard InChI is InChI=1S/C10H6INO2S/c11-15-8-3-1-2-6-7(10(13)14)4-5-12-9(6)8/h1-5H,(H,13,14). The molecule has 1 heterocycles. The molecule has 0 bridgehead atoms. The van der Waals surface area contributed by atoms with Gasteiger partial charge in [-0.3, -0.25) is 4.98 Å². The number of rotatable bonds is 2. The molecule has 1 aromatic carbocycles. The van der Waals surface area contributed by atoms with Gasteiger partial charge in [-0.1, -0.05) is 21.1 Å². The van der Waals surface area contributed by atoms with Crippen LogP contribution in [0.4, 0.5) is 0 Å². The second-order valence-electron chi connectivity index (χ2n) is 2.89. The van der Waals surface area contributed by atoms with Gasteiger partial charge in [0.15, 0.2) is 0 Å². The molecule has 1 N–H and O–H groups in total. The van der Waals surface area contributed by atoms with Gasteiger partial charge in [-0.2, -0.15) is 0 Å². The largest absolute Gasteiger partial charge is 0.478 e. The van der Waals surface area contributed by atoms with Crippen LogP contribution in [0.3, 0.4) is 0 Å². The van der Waals surface area contributed by atoms with Crippen LogP contribution in [-0.4, -0.2) is 16.1 Å². The van der Waals surface area contributed by atoms with E-state index in [-0.39, 0.29) is 0 Å². The fraction of sp³-hybridized carbons (Fsp3) is 0. The molecule has 0 aliphatic heterocycles. The number of aromatic carboxylic acids is 1. The van der Waals surface area contributed by atoms with E-state index in [4.69, 9.17) is 5.11 Å². The highest BCUT2D eigenvalue weighted by Crippen LogP contribution is 2.31. The lowest BCUT2D eigenvalue weighted by atomic mass is 10.1. The fourth-order valence-electron chi connectivity index (χ4n) is 1.40. The number of hydrogen-bond acceptors (Lipinski definition) is 3. The van der Waals surface area contributed by atoms with Crippen molar-refractivity contribution < 1.29 is 9.90 Å². The predicted molar refractivity (Wildman–Crippen MR) is 68.6 cm³/mol. The van der Waals surface area contributed by atoms with Gasteiger partial charge >= 0.3 is 5.97 Å². The third-order valence-electron chi connectivity index (χ3n) is 2.05. The molecule has 2 rings (SSSR count). The Bertz CT molecular complexity index is 530. The van der Waals surface area contributed by atoms with E-state index in [1.807, 2.05) is 12.1 Å². The maximum atomic E-state index is 11.0. The summed E-state index contributed by atoms with van der Waals surface area (Å²) in [4.78, 5) is 16.2. The summed E-state index contributed by atoms with van der Waals surface area (Å²) in [6, 6.07) is 7.07. The van der Waals surface area contributed by atoms with Crippen LogP contribution >= 0.6 is 30.1 Å². The Morgan fingerprint density at radius 2 is 2.20 bits per heavy atom. The zero-order chi connectivity index (χ0) is 10.8. The van der Waals surface area contributed by atoms with E-state index in [1.54, 1.807) is 6.07 Å². The molecule has 15 heavy (non-hydrogen) atoms. The first-order valence-electron chi connectivity index (χ1n) is 4.13. The highest BCUT2D eigenvalue weighted by molar-refractivity contribution is 14.2. The van der Waals surface area contributed by atoms with Gasteiger partial charge in [0, 0.05) is 37.7 Å². The number of hydrogen-bond donors (Lipinski definition) is 1. The van der Waals surface area contributed by atoms with Crippen LogP contribution in [-0.2, 0) is 0 Å². The van der Waals surface area contributed by atoms with Crippen molar-refractivity contribution in [2.45, 2.75) is 4.90 Å². The molecular formula is C10H6INO2S. The molecule has 0 saturated heterocycles. The van der Waals surface area contributed by atoms with Crippen molar-refractivity contribution in [2.24, 2.45) is 0 Å². The second kappa shape index (κ2) is 4.36. The molecule has 0 radical (unpaired) electrons. The maximum absolute atomic E-state index is 11.0. The first-order chi connectivity index (χ1) is 7.24. The Balaban J connectivity index is 2.82. The Morgan fingerprint density at radius 3 is 2.87 bits per heavy atom. The summed E-state index contributed by atoms with van der Waals surface area (Å²) in [7, 11) is 1.53. The van der Waals surface area contributed by atoms with E-state index in [1.165, 1.54) is 21.2 Å². The topological polar surface area (TPSA) is 50.2 Å². The zero-order valence-corrected chi connectivity index (χ0v) is 10.4. The summed E-state index contributed by atoms with van der Waals surface area (Å²) in [6.45, 7) is 0. The van der Waals surface area contributed by atoms with Crippen LogP contribution in [0.5, 0.6) is 0 Å². The normalized spacial score (nSPS) is 10.5. The SMILES string of the molecule is O=C(O)c1ccnc2c(SI)cccc12. The number of halogens is 1. The van der Waals surface area contributed by atoms with Crippen molar-refractivity contribution in [1.82, 2.24) is 4.98 Å². The van der Waals surface area contributed by atoms with Crippen molar-refractivity contribution in [3.63, 3.8) is 0 Å². The molecule has 3 nitrogen and oxygen atoms in total. The van der Waals surface area contributed by atoms with Crippen molar-refractivity contribution in [1.29, 1.82) is 0 Å². The molecule has 0 unspecified atom stereocenters. The number of nitrogens with zero attached hydrogens (tertiary/aromatic N) is 1. The minimum Gasteiger partial charge on any atom is -0.478 e. The van der Waals surface area contributed by atoms with Gasteiger partial charge in [0.25, 0.3) is 0 Å². The summed E-state index contributed by atoms with van der Waals surface area (Å²) in [5, 5.41) is 9.70. The van der Waals surface area contributed by atoms with E-state index in [0.29, 0.717) is 10.9 Å². The number of carboxylic acid groups (broad SMARTS) is 1. The van der Waals surface area contributed by atoms with E-state index in [9.17, 15) is 4.79 Å². The predicted octanol–water partition coefficient (Wildman–Crippen LogP) is 3.38. The minimum absolute atomic E-state index is 0.298. The first-order valence-corrected chi connectivity index (χ1v) is 7.49. The van der Waals surface area contributed by atoms with Crippen molar-refractivity contribution >= 4 is 47.0 Å². The monoisotopic (exact) mass is 331 g/mol. The third-order valence-corrected chi connectivity index (χ3v) is 3.97. The Hall–Kier alpha value is -0.820. The van der Waals surface area contributed by atoms with Crippen molar-refractivity contribution in [3.05, 3.63) is 36.0 Å². The van der Waals surface area contributed by atoms with Gasteiger partial charge in [-0.15, -0.1) is 0 Å². The lowest BCUT2D eigenvalue weighted by molar-refractivity contribution is 0.0699. The number of benzene rings is 1. The molecule has 0 amide bonds. The number of aromatic nitrogens is 1. The molecule has 2 aromatic rings. The average molecular weight is 331 g/mol. The molecule has 5 heteroatoms. The van der Waals surface area contributed by atoms with Crippen LogP contribution in [0.2, 0.25) is 0 Å². The molecule has 0 fully saturated rings. The number of fused-ring (bicyclic) bond motifs is 1. The van der Waals surface area contributed by atoms with Gasteiger partial charge in [0.05, 0.1) is 11.1 Å². The zero-order valence-electron chi connectivity index (χ0n) is 7.48. The van der Waals surface area contributed by atoms with Crippen LogP contribution < -0.4 is 0 Å². The van der Waals surface area contributed by atoms with Crippen molar-refractivity contribution in [3.8, 4) is 0 Å². The number of carbonyl (C=O) groups is 1. The summed E-state index contributed by atoms with van der Waals surface area (Å²) in [5.41, 5.74) is 1.05. The van der Waals surface area contributed by atoms with E-state index in [2.05, 4.69) is 26.2 Å². The van der Waals surface area contributed by atoms with E-state index >= 15 is 0 Å². The van der Waals surface area contributed by atoms with Crippen LogP contribution in [0.15, 0.2) is 35.4 Å². The van der Waals surface area contributed by atoms with Gasteiger partial charge in [0.2, 0.25) is 0 Å². The smallest absolute Gasteiger partial charge is 0.336 e. The number of carboxylic acids is 1. The van der Waals surface area contributed by atoms with Gasteiger partial charge in [-0.05, 0) is 12.1 Å².